The molecule has 2 rings (SSSR count). The van der Waals surface area contributed by atoms with Gasteiger partial charge in [-0.3, -0.25) is 4.68 Å². The Kier molecular flexibility index (Phi) is 3.92. The Bertz CT molecular complexity index is 419. The van der Waals surface area contributed by atoms with E-state index in [-0.39, 0.29) is 18.8 Å². The first-order valence-electron chi connectivity index (χ1n) is 6.29. The van der Waals surface area contributed by atoms with E-state index in [9.17, 15) is 8.78 Å². The minimum Gasteiger partial charge on any atom is -0.322 e. The molecule has 0 spiro atoms. The highest BCUT2D eigenvalue weighted by atomic mass is 35.5. The molecule has 0 saturated heterocycles. The fourth-order valence-electron chi connectivity index (χ4n) is 2.61. The molecule has 1 aliphatic rings. The molecule has 0 bridgehead atoms. The minimum absolute atomic E-state index is 0.0785. The van der Waals surface area contributed by atoms with Gasteiger partial charge >= 0.3 is 0 Å². The van der Waals surface area contributed by atoms with Crippen molar-refractivity contribution in [2.24, 2.45) is 11.7 Å². The molecule has 0 amide bonds. The second kappa shape index (κ2) is 5.13. The molecule has 1 heterocycles. The zero-order valence-electron chi connectivity index (χ0n) is 10.4. The standard InChI is InChI=1S/C12H18ClF2N3/c1-2-5-18-11(9(13)7-17-18)10(16)8-3-4-12(14,15)6-8/h7-8,10H,2-6,16H2,1H3. The van der Waals surface area contributed by atoms with Gasteiger partial charge in [-0.05, 0) is 18.8 Å². The summed E-state index contributed by atoms with van der Waals surface area (Å²) in [4.78, 5) is 0. The van der Waals surface area contributed by atoms with Crippen LogP contribution < -0.4 is 5.73 Å². The fraction of sp³-hybridized carbons (Fsp3) is 0.750. The third-order valence-electron chi connectivity index (χ3n) is 3.53. The van der Waals surface area contributed by atoms with E-state index in [0.717, 1.165) is 6.42 Å². The smallest absolute Gasteiger partial charge is 0.248 e. The monoisotopic (exact) mass is 277 g/mol. The molecule has 18 heavy (non-hydrogen) atoms. The average Bonchev–Trinajstić information content (AvgIpc) is 2.82. The van der Waals surface area contributed by atoms with Gasteiger partial charge in [0, 0.05) is 19.4 Å². The summed E-state index contributed by atoms with van der Waals surface area (Å²) in [7, 11) is 0. The molecule has 1 aromatic heterocycles. The summed E-state index contributed by atoms with van der Waals surface area (Å²) in [6, 6.07) is -0.458. The predicted molar refractivity (Wildman–Crippen MR) is 66.7 cm³/mol. The van der Waals surface area contributed by atoms with Crippen LogP contribution in [0.25, 0.3) is 0 Å². The Hall–Kier alpha value is -0.680. The quantitative estimate of drug-likeness (QED) is 0.917. The first-order chi connectivity index (χ1) is 8.44. The zero-order chi connectivity index (χ0) is 13.3. The molecule has 0 radical (unpaired) electrons. The number of alkyl halides is 2. The Balaban J connectivity index is 2.18. The number of nitrogens with two attached hydrogens (primary N) is 1. The number of aryl methyl sites for hydroxylation is 1. The van der Waals surface area contributed by atoms with E-state index >= 15 is 0 Å². The summed E-state index contributed by atoms with van der Waals surface area (Å²) < 4.78 is 28.2. The SMILES string of the molecule is CCCn1ncc(Cl)c1C(N)C1CCC(F)(F)C1. The first kappa shape index (κ1) is 13.7. The second-order valence-corrected chi connectivity index (χ2v) is 5.39. The van der Waals surface area contributed by atoms with Crippen molar-refractivity contribution in [3.8, 4) is 0 Å². The number of nitrogens with zero attached hydrogens (tertiary/aromatic N) is 2. The van der Waals surface area contributed by atoms with E-state index in [1.807, 2.05) is 6.92 Å². The third kappa shape index (κ3) is 2.67. The number of halogens is 3. The van der Waals surface area contributed by atoms with E-state index in [0.29, 0.717) is 23.7 Å². The molecule has 2 unspecified atom stereocenters. The second-order valence-electron chi connectivity index (χ2n) is 4.99. The molecule has 0 aliphatic heterocycles. The topological polar surface area (TPSA) is 43.8 Å². The van der Waals surface area contributed by atoms with E-state index in [4.69, 9.17) is 17.3 Å². The van der Waals surface area contributed by atoms with Crippen molar-refractivity contribution in [2.45, 2.75) is 51.1 Å². The maximum atomic E-state index is 13.2. The normalized spacial score (nSPS) is 24.4. The highest BCUT2D eigenvalue weighted by Crippen LogP contribution is 2.44. The molecule has 1 fully saturated rings. The van der Waals surface area contributed by atoms with Crippen LogP contribution in [0.4, 0.5) is 8.78 Å². The maximum Gasteiger partial charge on any atom is 0.248 e. The maximum absolute atomic E-state index is 13.2. The summed E-state index contributed by atoms with van der Waals surface area (Å²) in [6.07, 6.45) is 2.66. The van der Waals surface area contributed by atoms with Crippen LogP contribution in [0.1, 0.15) is 44.3 Å². The van der Waals surface area contributed by atoms with Gasteiger partial charge in [0.05, 0.1) is 23.0 Å². The van der Waals surface area contributed by atoms with E-state index in [1.165, 1.54) is 0 Å². The van der Waals surface area contributed by atoms with Gasteiger partial charge in [-0.1, -0.05) is 18.5 Å². The molecule has 2 N–H and O–H groups in total. The first-order valence-corrected chi connectivity index (χ1v) is 6.67. The van der Waals surface area contributed by atoms with Gasteiger partial charge in [-0.25, -0.2) is 8.78 Å². The van der Waals surface area contributed by atoms with Gasteiger partial charge in [0.1, 0.15) is 0 Å². The lowest BCUT2D eigenvalue weighted by atomic mass is 9.96. The van der Waals surface area contributed by atoms with Gasteiger partial charge in [0.2, 0.25) is 5.92 Å². The Morgan fingerprint density at radius 2 is 2.39 bits per heavy atom. The van der Waals surface area contributed by atoms with Crippen molar-refractivity contribution in [1.29, 1.82) is 0 Å². The molecule has 1 aliphatic carbocycles. The van der Waals surface area contributed by atoms with Crippen LogP contribution in [-0.2, 0) is 6.54 Å². The highest BCUT2D eigenvalue weighted by Gasteiger charge is 2.43. The summed E-state index contributed by atoms with van der Waals surface area (Å²) in [6.45, 7) is 2.73. The third-order valence-corrected chi connectivity index (χ3v) is 3.83. The van der Waals surface area contributed by atoms with E-state index < -0.39 is 12.0 Å². The van der Waals surface area contributed by atoms with Gasteiger partial charge in [-0.15, -0.1) is 0 Å². The van der Waals surface area contributed by atoms with Crippen molar-refractivity contribution in [3.63, 3.8) is 0 Å². The Labute approximate surface area is 110 Å². The van der Waals surface area contributed by atoms with Crippen LogP contribution in [0.15, 0.2) is 6.20 Å². The highest BCUT2D eigenvalue weighted by molar-refractivity contribution is 6.31. The van der Waals surface area contributed by atoms with Crippen LogP contribution in [-0.4, -0.2) is 15.7 Å². The van der Waals surface area contributed by atoms with Crippen molar-refractivity contribution in [1.82, 2.24) is 9.78 Å². The Morgan fingerprint density at radius 3 is 2.94 bits per heavy atom. The summed E-state index contributed by atoms with van der Waals surface area (Å²) in [5, 5.41) is 4.63. The van der Waals surface area contributed by atoms with Crippen molar-refractivity contribution < 1.29 is 8.78 Å². The van der Waals surface area contributed by atoms with Gasteiger partial charge in [-0.2, -0.15) is 5.10 Å². The number of rotatable bonds is 4. The molecule has 6 heteroatoms. The lowest BCUT2D eigenvalue weighted by molar-refractivity contribution is 0.00378. The number of hydrogen-bond donors (Lipinski definition) is 1. The summed E-state index contributed by atoms with van der Waals surface area (Å²) >= 11 is 6.07. The van der Waals surface area contributed by atoms with Crippen LogP contribution >= 0.6 is 11.6 Å². The Morgan fingerprint density at radius 1 is 1.67 bits per heavy atom. The lowest BCUT2D eigenvalue weighted by Gasteiger charge is -2.21. The van der Waals surface area contributed by atoms with Crippen LogP contribution in [0.3, 0.4) is 0 Å². The average molecular weight is 278 g/mol. The largest absolute Gasteiger partial charge is 0.322 e. The number of hydrogen-bond acceptors (Lipinski definition) is 2. The lowest BCUT2D eigenvalue weighted by Crippen LogP contribution is -2.24. The number of aromatic nitrogens is 2. The van der Waals surface area contributed by atoms with E-state index in [1.54, 1.807) is 10.9 Å². The van der Waals surface area contributed by atoms with Crippen LogP contribution in [0.2, 0.25) is 5.02 Å². The molecular formula is C12H18ClF2N3. The van der Waals surface area contributed by atoms with Crippen molar-refractivity contribution >= 4 is 11.6 Å². The predicted octanol–water partition coefficient (Wildman–Crippen LogP) is 3.38. The molecule has 1 saturated carbocycles. The van der Waals surface area contributed by atoms with Crippen molar-refractivity contribution in [3.05, 3.63) is 16.9 Å². The molecule has 0 aromatic carbocycles. The zero-order valence-corrected chi connectivity index (χ0v) is 11.1. The van der Waals surface area contributed by atoms with Crippen LogP contribution in [0.5, 0.6) is 0 Å². The fourth-order valence-corrected chi connectivity index (χ4v) is 2.87. The summed E-state index contributed by atoms with van der Waals surface area (Å²) in [5.41, 5.74) is 6.81. The minimum atomic E-state index is -2.58. The molecular weight excluding hydrogens is 260 g/mol. The van der Waals surface area contributed by atoms with Crippen molar-refractivity contribution in [2.75, 3.05) is 0 Å². The summed E-state index contributed by atoms with van der Waals surface area (Å²) in [5.74, 6) is -2.80. The molecule has 3 nitrogen and oxygen atoms in total. The van der Waals surface area contributed by atoms with Gasteiger partial charge in [0.25, 0.3) is 0 Å². The molecule has 2 atom stereocenters. The molecule has 1 aromatic rings. The van der Waals surface area contributed by atoms with Gasteiger partial charge in [0.15, 0.2) is 0 Å². The van der Waals surface area contributed by atoms with E-state index in [2.05, 4.69) is 5.10 Å². The van der Waals surface area contributed by atoms with Gasteiger partial charge < -0.3 is 5.73 Å². The molecule has 102 valence electrons. The van der Waals surface area contributed by atoms with Crippen LogP contribution in [0, 0.1) is 5.92 Å².